The smallest absolute Gasteiger partial charge is 0.0381 e. The predicted molar refractivity (Wildman–Crippen MR) is 102 cm³/mol. The van der Waals surface area contributed by atoms with Gasteiger partial charge in [0.1, 0.15) is 0 Å². The van der Waals surface area contributed by atoms with E-state index in [1.165, 1.54) is 16.7 Å². The van der Waals surface area contributed by atoms with Gasteiger partial charge in [-0.15, -0.1) is 0 Å². The molecule has 2 aromatic carbocycles. The van der Waals surface area contributed by atoms with Crippen molar-refractivity contribution in [3.8, 4) is 0 Å². The number of rotatable bonds is 7. The van der Waals surface area contributed by atoms with Crippen molar-refractivity contribution in [2.75, 3.05) is 5.32 Å². The Hall–Kier alpha value is -2.02. The normalized spacial score (nSPS) is 11.3. The van der Waals surface area contributed by atoms with Crippen molar-refractivity contribution in [3.05, 3.63) is 77.5 Å². The van der Waals surface area contributed by atoms with Crippen molar-refractivity contribution in [1.29, 1.82) is 0 Å². The Morgan fingerprint density at radius 1 is 1.00 bits per heavy atom. The highest BCUT2D eigenvalue weighted by molar-refractivity contribution is 5.50. The van der Waals surface area contributed by atoms with Crippen molar-refractivity contribution in [3.63, 3.8) is 0 Å². The van der Waals surface area contributed by atoms with Crippen LogP contribution in [0.3, 0.4) is 0 Å². The highest BCUT2D eigenvalue weighted by atomic mass is 14.9. The Morgan fingerprint density at radius 3 is 2.22 bits per heavy atom. The van der Waals surface area contributed by atoms with Gasteiger partial charge in [-0.25, -0.2) is 0 Å². The standard InChI is InChI=1S/C22H29N/c1-6-22(5,7-2)18(4)23-21-13-11-19(12-14-21)16-20-10-8-9-17(3)15-20/h8-15,23H,4,6-7,16H2,1-3,5H3. The van der Waals surface area contributed by atoms with Crippen LogP contribution in [0.4, 0.5) is 5.69 Å². The summed E-state index contributed by atoms with van der Waals surface area (Å²) in [6.07, 6.45) is 3.17. The molecule has 1 N–H and O–H groups in total. The summed E-state index contributed by atoms with van der Waals surface area (Å²) in [5.74, 6) is 0. The van der Waals surface area contributed by atoms with Crippen molar-refractivity contribution < 1.29 is 0 Å². The highest BCUT2D eigenvalue weighted by Crippen LogP contribution is 2.33. The van der Waals surface area contributed by atoms with Crippen LogP contribution in [-0.4, -0.2) is 0 Å². The first-order valence-electron chi connectivity index (χ1n) is 8.57. The predicted octanol–water partition coefficient (Wildman–Crippen LogP) is 6.34. The van der Waals surface area contributed by atoms with Gasteiger partial charge < -0.3 is 5.32 Å². The molecule has 0 fully saturated rings. The van der Waals surface area contributed by atoms with Gasteiger partial charge in [0.2, 0.25) is 0 Å². The summed E-state index contributed by atoms with van der Waals surface area (Å²) in [6.45, 7) is 13.1. The van der Waals surface area contributed by atoms with Crippen LogP contribution in [-0.2, 0) is 6.42 Å². The van der Waals surface area contributed by atoms with Gasteiger partial charge in [-0.2, -0.15) is 0 Å². The molecule has 0 amide bonds. The molecule has 0 aliphatic carbocycles. The van der Waals surface area contributed by atoms with Crippen LogP contribution in [0.2, 0.25) is 0 Å². The summed E-state index contributed by atoms with van der Waals surface area (Å²) in [7, 11) is 0. The molecule has 1 nitrogen and oxygen atoms in total. The summed E-state index contributed by atoms with van der Waals surface area (Å²) >= 11 is 0. The Balaban J connectivity index is 2.03. The Labute approximate surface area is 141 Å². The molecule has 0 heterocycles. The second kappa shape index (κ2) is 7.50. The highest BCUT2D eigenvalue weighted by Gasteiger charge is 2.23. The van der Waals surface area contributed by atoms with Crippen molar-refractivity contribution >= 4 is 5.69 Å². The molecule has 0 aliphatic rings. The van der Waals surface area contributed by atoms with Crippen LogP contribution in [0.25, 0.3) is 0 Å². The number of allylic oxidation sites excluding steroid dienone is 1. The Bertz CT molecular complexity index is 648. The number of hydrogen-bond acceptors (Lipinski definition) is 1. The Kier molecular flexibility index (Phi) is 5.65. The SMILES string of the molecule is C=C(Nc1ccc(Cc2cccc(C)c2)cc1)C(C)(CC)CC. The maximum atomic E-state index is 4.25. The van der Waals surface area contributed by atoms with Gasteiger partial charge >= 0.3 is 0 Å². The second-order valence-corrected chi connectivity index (χ2v) is 6.73. The largest absolute Gasteiger partial charge is 0.359 e. The van der Waals surface area contributed by atoms with Crippen LogP contribution < -0.4 is 5.32 Å². The number of anilines is 1. The lowest BCUT2D eigenvalue weighted by atomic mass is 9.81. The number of aryl methyl sites for hydroxylation is 1. The number of benzene rings is 2. The van der Waals surface area contributed by atoms with Crippen LogP contribution in [0.15, 0.2) is 60.8 Å². The molecule has 2 rings (SSSR count). The van der Waals surface area contributed by atoms with Crippen LogP contribution in [0, 0.1) is 12.3 Å². The fourth-order valence-electron chi connectivity index (χ4n) is 2.77. The van der Waals surface area contributed by atoms with E-state index in [-0.39, 0.29) is 5.41 Å². The zero-order valence-corrected chi connectivity index (χ0v) is 14.9. The first kappa shape index (κ1) is 17.3. The lowest BCUT2D eigenvalue weighted by molar-refractivity contribution is 0.371. The third-order valence-corrected chi connectivity index (χ3v) is 5.03. The molecule has 0 aliphatic heterocycles. The van der Waals surface area contributed by atoms with Crippen molar-refractivity contribution in [2.45, 2.75) is 47.0 Å². The minimum Gasteiger partial charge on any atom is -0.359 e. The molecule has 23 heavy (non-hydrogen) atoms. The van der Waals surface area contributed by atoms with Gasteiger partial charge in [-0.1, -0.05) is 69.3 Å². The second-order valence-electron chi connectivity index (χ2n) is 6.73. The third kappa shape index (κ3) is 4.48. The molecular weight excluding hydrogens is 278 g/mol. The molecule has 2 aromatic rings. The zero-order valence-electron chi connectivity index (χ0n) is 14.9. The van der Waals surface area contributed by atoms with E-state index >= 15 is 0 Å². The molecule has 0 bridgehead atoms. The maximum absolute atomic E-state index is 4.25. The molecule has 0 saturated heterocycles. The van der Waals surface area contributed by atoms with E-state index in [1.54, 1.807) is 0 Å². The lowest BCUT2D eigenvalue weighted by Gasteiger charge is -2.30. The minimum absolute atomic E-state index is 0.153. The van der Waals surface area contributed by atoms with Gasteiger partial charge in [0.25, 0.3) is 0 Å². The third-order valence-electron chi connectivity index (χ3n) is 5.03. The zero-order chi connectivity index (χ0) is 16.9. The van der Waals surface area contributed by atoms with Crippen molar-refractivity contribution in [2.24, 2.45) is 5.41 Å². The van der Waals surface area contributed by atoms with E-state index in [0.29, 0.717) is 0 Å². The maximum Gasteiger partial charge on any atom is 0.0381 e. The van der Waals surface area contributed by atoms with Crippen molar-refractivity contribution in [1.82, 2.24) is 0 Å². The molecule has 122 valence electrons. The molecule has 0 saturated carbocycles. The van der Waals surface area contributed by atoms with E-state index in [9.17, 15) is 0 Å². The Morgan fingerprint density at radius 2 is 1.65 bits per heavy atom. The van der Waals surface area contributed by atoms with Crippen LogP contribution >= 0.6 is 0 Å². The summed E-state index contributed by atoms with van der Waals surface area (Å²) in [5, 5.41) is 3.49. The average molecular weight is 307 g/mol. The van der Waals surface area contributed by atoms with Gasteiger partial charge in [-0.3, -0.25) is 0 Å². The molecular formula is C22H29N. The van der Waals surface area contributed by atoms with E-state index < -0.39 is 0 Å². The number of nitrogens with one attached hydrogen (secondary N) is 1. The van der Waals surface area contributed by atoms with E-state index in [1.807, 2.05) is 0 Å². The molecule has 0 spiro atoms. The van der Waals surface area contributed by atoms with Crippen LogP contribution in [0.5, 0.6) is 0 Å². The summed E-state index contributed by atoms with van der Waals surface area (Å²) < 4.78 is 0. The van der Waals surface area contributed by atoms with E-state index in [0.717, 1.165) is 30.6 Å². The van der Waals surface area contributed by atoms with Gasteiger partial charge in [0.05, 0.1) is 0 Å². The molecule has 1 heteroatoms. The molecule has 0 aromatic heterocycles. The number of hydrogen-bond donors (Lipinski definition) is 1. The first-order chi connectivity index (χ1) is 11.0. The first-order valence-corrected chi connectivity index (χ1v) is 8.57. The summed E-state index contributed by atoms with van der Waals surface area (Å²) in [4.78, 5) is 0. The minimum atomic E-state index is 0.153. The average Bonchev–Trinajstić information content (AvgIpc) is 2.56. The summed E-state index contributed by atoms with van der Waals surface area (Å²) in [6, 6.07) is 17.4. The fraction of sp³-hybridized carbons (Fsp3) is 0.364. The monoisotopic (exact) mass is 307 g/mol. The molecule has 0 unspecified atom stereocenters. The van der Waals surface area contributed by atoms with Gasteiger partial charge in [0.15, 0.2) is 0 Å². The topological polar surface area (TPSA) is 12.0 Å². The van der Waals surface area contributed by atoms with Crippen LogP contribution in [0.1, 0.15) is 50.3 Å². The van der Waals surface area contributed by atoms with Gasteiger partial charge in [-0.05, 0) is 49.4 Å². The fourth-order valence-corrected chi connectivity index (χ4v) is 2.77. The lowest BCUT2D eigenvalue weighted by Crippen LogP contribution is -2.21. The molecule has 0 atom stereocenters. The van der Waals surface area contributed by atoms with E-state index in [2.05, 4.69) is 88.1 Å². The van der Waals surface area contributed by atoms with Gasteiger partial charge in [0, 0.05) is 16.8 Å². The molecule has 0 radical (unpaired) electrons. The summed E-state index contributed by atoms with van der Waals surface area (Å²) in [5.41, 5.74) is 6.39. The van der Waals surface area contributed by atoms with E-state index in [4.69, 9.17) is 0 Å². The quantitative estimate of drug-likeness (QED) is 0.629.